The van der Waals surface area contributed by atoms with Gasteiger partial charge in [-0.3, -0.25) is 0 Å². The van der Waals surface area contributed by atoms with Crippen molar-refractivity contribution < 1.29 is 9.36 Å². The first-order valence-electron chi connectivity index (χ1n) is 5.63. The number of rotatable bonds is 3. The van der Waals surface area contributed by atoms with Crippen molar-refractivity contribution in [2.24, 2.45) is 5.16 Å². The van der Waals surface area contributed by atoms with Gasteiger partial charge in [-0.05, 0) is 26.0 Å². The monoisotopic (exact) mass is 235 g/mol. The minimum Gasteiger partial charge on any atom is -0.399 e. The van der Waals surface area contributed by atoms with Crippen molar-refractivity contribution in [3.8, 4) is 0 Å². The van der Waals surface area contributed by atoms with Crippen LogP contribution in [0.15, 0.2) is 21.8 Å². The van der Waals surface area contributed by atoms with Crippen molar-refractivity contribution in [2.75, 3.05) is 27.2 Å². The van der Waals surface area contributed by atoms with E-state index in [4.69, 9.17) is 9.36 Å². The van der Waals surface area contributed by atoms with Crippen LogP contribution in [-0.4, -0.2) is 43.0 Å². The molecule has 0 amide bonds. The maximum Gasteiger partial charge on any atom is 0.184 e. The van der Waals surface area contributed by atoms with Crippen LogP contribution in [-0.2, 0) is 4.84 Å². The molecule has 0 atom stereocenters. The third kappa shape index (κ3) is 2.74. The zero-order valence-electron chi connectivity index (χ0n) is 10.4. The van der Waals surface area contributed by atoms with Crippen LogP contribution < -0.4 is 0 Å². The van der Waals surface area contributed by atoms with Crippen molar-refractivity contribution in [3.05, 3.63) is 23.6 Å². The molecule has 1 aliphatic heterocycles. The summed E-state index contributed by atoms with van der Waals surface area (Å²) in [6.07, 6.45) is 3.19. The minimum absolute atomic E-state index is 0.654. The molecule has 1 aliphatic rings. The number of hydrogen-bond donors (Lipinski definition) is 0. The van der Waals surface area contributed by atoms with Crippen molar-refractivity contribution in [1.29, 1.82) is 0 Å². The van der Waals surface area contributed by atoms with Crippen molar-refractivity contribution >= 4 is 11.3 Å². The number of nitrogens with zero attached hydrogens (tertiary/aromatic N) is 3. The maximum atomic E-state index is 5.24. The Labute approximate surface area is 101 Å². The van der Waals surface area contributed by atoms with Gasteiger partial charge in [-0.15, -0.1) is 0 Å². The lowest BCUT2D eigenvalue weighted by molar-refractivity contribution is 0.212. The summed E-state index contributed by atoms with van der Waals surface area (Å²) in [5.74, 6) is 0.654. The number of hydrogen-bond acceptors (Lipinski definition) is 5. The molecule has 1 aromatic rings. The second-order valence-electron chi connectivity index (χ2n) is 4.18. The van der Waals surface area contributed by atoms with Crippen LogP contribution in [0.25, 0.3) is 5.57 Å². The highest BCUT2D eigenvalue weighted by atomic mass is 16.6. The fourth-order valence-corrected chi connectivity index (χ4v) is 1.78. The van der Waals surface area contributed by atoms with Gasteiger partial charge >= 0.3 is 0 Å². The summed E-state index contributed by atoms with van der Waals surface area (Å²) in [4.78, 5) is 6.97. The molecule has 0 aliphatic carbocycles. The normalized spacial score (nSPS) is 18.1. The zero-order valence-corrected chi connectivity index (χ0v) is 10.4. The summed E-state index contributed by atoms with van der Waals surface area (Å²) < 4.78 is 5.24. The predicted octanol–water partition coefficient (Wildman–Crippen LogP) is 1.76. The molecule has 2 rings (SSSR count). The summed E-state index contributed by atoms with van der Waals surface area (Å²) in [5, 5.41) is 7.89. The Morgan fingerprint density at radius 3 is 3.06 bits per heavy atom. The van der Waals surface area contributed by atoms with Gasteiger partial charge < -0.3 is 14.3 Å². The van der Waals surface area contributed by atoms with E-state index in [9.17, 15) is 0 Å². The first kappa shape index (κ1) is 11.9. The van der Waals surface area contributed by atoms with Crippen molar-refractivity contribution in [2.45, 2.75) is 13.3 Å². The van der Waals surface area contributed by atoms with Gasteiger partial charge in [-0.2, -0.15) is 0 Å². The van der Waals surface area contributed by atoms with Crippen LogP contribution in [0.4, 0.5) is 0 Å². The van der Waals surface area contributed by atoms with E-state index in [-0.39, 0.29) is 0 Å². The first-order chi connectivity index (χ1) is 8.20. The van der Waals surface area contributed by atoms with E-state index in [1.54, 1.807) is 0 Å². The van der Waals surface area contributed by atoms with Crippen LogP contribution in [0.3, 0.4) is 0 Å². The molecule has 0 bridgehead atoms. The Morgan fingerprint density at radius 1 is 1.59 bits per heavy atom. The SMILES string of the molecule is CON=C(C)c1cc(C2=CCN(C)CC2)no1. The Balaban J connectivity index is 2.16. The van der Waals surface area contributed by atoms with Gasteiger partial charge in [0.25, 0.3) is 0 Å². The molecule has 17 heavy (non-hydrogen) atoms. The number of likely N-dealkylation sites (N-methyl/N-ethyl adjacent to an activating group) is 1. The number of oxime groups is 1. The standard InChI is InChI=1S/C12H17N3O2/c1-9(13-16-3)12-8-11(14-17-12)10-4-6-15(2)7-5-10/h4,8H,5-7H2,1-3H3. The first-order valence-corrected chi connectivity index (χ1v) is 5.63. The van der Waals surface area contributed by atoms with E-state index >= 15 is 0 Å². The van der Waals surface area contributed by atoms with E-state index < -0.39 is 0 Å². The van der Waals surface area contributed by atoms with E-state index in [2.05, 4.69) is 28.3 Å². The van der Waals surface area contributed by atoms with Gasteiger partial charge in [0.1, 0.15) is 18.5 Å². The maximum absolute atomic E-state index is 5.24. The van der Waals surface area contributed by atoms with Crippen LogP contribution >= 0.6 is 0 Å². The highest BCUT2D eigenvalue weighted by molar-refractivity contribution is 5.96. The van der Waals surface area contributed by atoms with Crippen LogP contribution in [0.5, 0.6) is 0 Å². The second-order valence-corrected chi connectivity index (χ2v) is 4.18. The second kappa shape index (κ2) is 5.14. The van der Waals surface area contributed by atoms with E-state index in [1.165, 1.54) is 12.7 Å². The molecular formula is C12H17N3O2. The molecular weight excluding hydrogens is 218 g/mol. The summed E-state index contributed by atoms with van der Waals surface area (Å²) >= 11 is 0. The summed E-state index contributed by atoms with van der Waals surface area (Å²) in [6.45, 7) is 3.85. The Bertz CT molecular complexity index is 448. The highest BCUT2D eigenvalue weighted by Crippen LogP contribution is 2.21. The molecule has 0 radical (unpaired) electrons. The van der Waals surface area contributed by atoms with Gasteiger partial charge in [0.15, 0.2) is 5.76 Å². The molecule has 0 fully saturated rings. The Morgan fingerprint density at radius 2 is 2.41 bits per heavy atom. The van der Waals surface area contributed by atoms with Gasteiger partial charge in [0.05, 0.1) is 0 Å². The largest absolute Gasteiger partial charge is 0.399 e. The van der Waals surface area contributed by atoms with E-state index in [0.717, 1.165) is 25.2 Å². The van der Waals surface area contributed by atoms with E-state index in [0.29, 0.717) is 11.5 Å². The Hall–Kier alpha value is -1.62. The smallest absolute Gasteiger partial charge is 0.184 e. The topological polar surface area (TPSA) is 50.9 Å². The van der Waals surface area contributed by atoms with Crippen LogP contribution in [0.2, 0.25) is 0 Å². The lowest BCUT2D eigenvalue weighted by Crippen LogP contribution is -2.23. The van der Waals surface area contributed by atoms with Crippen LogP contribution in [0.1, 0.15) is 24.8 Å². The van der Waals surface area contributed by atoms with Gasteiger partial charge in [0, 0.05) is 19.2 Å². The minimum atomic E-state index is 0.654. The average molecular weight is 235 g/mol. The fraction of sp³-hybridized carbons (Fsp3) is 0.500. The molecule has 5 heteroatoms. The molecule has 0 saturated carbocycles. The highest BCUT2D eigenvalue weighted by Gasteiger charge is 2.14. The molecule has 0 saturated heterocycles. The Kier molecular flexibility index (Phi) is 3.58. The lowest BCUT2D eigenvalue weighted by Gasteiger charge is -2.20. The third-order valence-corrected chi connectivity index (χ3v) is 2.84. The third-order valence-electron chi connectivity index (χ3n) is 2.84. The molecule has 2 heterocycles. The summed E-state index contributed by atoms with van der Waals surface area (Å²) in [6, 6.07) is 1.91. The number of aromatic nitrogens is 1. The molecule has 5 nitrogen and oxygen atoms in total. The predicted molar refractivity (Wildman–Crippen MR) is 65.8 cm³/mol. The fourth-order valence-electron chi connectivity index (χ4n) is 1.78. The lowest BCUT2D eigenvalue weighted by atomic mass is 10.0. The zero-order chi connectivity index (χ0) is 12.3. The molecule has 0 spiro atoms. The van der Waals surface area contributed by atoms with Gasteiger partial charge in [0.2, 0.25) is 0 Å². The molecule has 0 aromatic carbocycles. The molecule has 1 aromatic heterocycles. The summed E-state index contributed by atoms with van der Waals surface area (Å²) in [7, 11) is 3.62. The molecule has 0 unspecified atom stereocenters. The van der Waals surface area contributed by atoms with E-state index in [1.807, 2.05) is 13.0 Å². The summed E-state index contributed by atoms with van der Waals surface area (Å²) in [5.41, 5.74) is 2.84. The quantitative estimate of drug-likeness (QED) is 0.591. The van der Waals surface area contributed by atoms with Crippen molar-refractivity contribution in [1.82, 2.24) is 10.1 Å². The van der Waals surface area contributed by atoms with Crippen LogP contribution in [0, 0.1) is 0 Å². The van der Waals surface area contributed by atoms with Gasteiger partial charge in [-0.25, -0.2) is 0 Å². The van der Waals surface area contributed by atoms with Crippen molar-refractivity contribution in [3.63, 3.8) is 0 Å². The molecule has 0 N–H and O–H groups in total. The van der Waals surface area contributed by atoms with Gasteiger partial charge in [-0.1, -0.05) is 16.4 Å². The molecule has 92 valence electrons. The average Bonchev–Trinajstić information content (AvgIpc) is 2.80.